The molecule has 1 unspecified atom stereocenters. The number of esters is 1. The zero-order valence-corrected chi connectivity index (χ0v) is 20.7. The fourth-order valence-corrected chi connectivity index (χ4v) is 3.08. The van der Waals surface area contributed by atoms with Gasteiger partial charge in [-0.1, -0.05) is 68.4 Å². The molecular weight excluding hydrogens is 466 g/mol. The van der Waals surface area contributed by atoms with E-state index in [0.717, 1.165) is 16.7 Å². The summed E-state index contributed by atoms with van der Waals surface area (Å²) in [4.78, 5) is 48.2. The van der Waals surface area contributed by atoms with Crippen molar-refractivity contribution in [1.29, 1.82) is 0 Å². The van der Waals surface area contributed by atoms with E-state index < -0.39 is 30.1 Å². The Morgan fingerprint density at radius 2 is 1.50 bits per heavy atom. The van der Waals surface area contributed by atoms with Gasteiger partial charge in [-0.05, 0) is 22.6 Å². The minimum absolute atomic E-state index is 0.0692. The molecule has 0 heterocycles. The standard InChI is InChI=1S/C26H33N3O7/c1-18(2)16-35-25(32)27-14-21-11-7-10-20(12-21)13-22(24(31)34-3)29-23(30)15-28-26(33)36-17-19-8-5-4-6-9-19/h4-12,18,22H,13-17H2,1-3H3,(H,27,32)(H,28,33)(H,29,30). The van der Waals surface area contributed by atoms with Crippen LogP contribution in [0.4, 0.5) is 9.59 Å². The van der Waals surface area contributed by atoms with Crippen LogP contribution in [0.15, 0.2) is 54.6 Å². The van der Waals surface area contributed by atoms with Crippen molar-refractivity contribution >= 4 is 24.1 Å². The van der Waals surface area contributed by atoms with Crippen molar-refractivity contribution in [1.82, 2.24) is 16.0 Å². The highest BCUT2D eigenvalue weighted by atomic mass is 16.6. The van der Waals surface area contributed by atoms with Crippen LogP contribution < -0.4 is 16.0 Å². The molecule has 10 heteroatoms. The quantitative estimate of drug-likeness (QED) is 0.302. The second-order valence-corrected chi connectivity index (χ2v) is 8.43. The van der Waals surface area contributed by atoms with Crippen molar-refractivity contribution in [3.63, 3.8) is 0 Å². The van der Waals surface area contributed by atoms with Crippen LogP contribution in [0.5, 0.6) is 0 Å². The third kappa shape index (κ3) is 10.9. The van der Waals surface area contributed by atoms with Crippen LogP contribution in [0.1, 0.15) is 30.5 Å². The molecule has 0 aliphatic rings. The minimum Gasteiger partial charge on any atom is -0.467 e. The highest BCUT2D eigenvalue weighted by Gasteiger charge is 2.22. The molecule has 10 nitrogen and oxygen atoms in total. The number of carbonyl (C=O) groups excluding carboxylic acids is 4. The SMILES string of the molecule is COC(=O)C(Cc1cccc(CNC(=O)OCC(C)C)c1)NC(=O)CNC(=O)OCc1ccccc1. The maximum absolute atomic E-state index is 12.3. The van der Waals surface area contributed by atoms with Gasteiger partial charge in [0.25, 0.3) is 0 Å². The third-order valence-corrected chi connectivity index (χ3v) is 4.84. The van der Waals surface area contributed by atoms with Crippen molar-refractivity contribution in [2.45, 2.75) is 39.5 Å². The van der Waals surface area contributed by atoms with E-state index in [0.29, 0.717) is 6.61 Å². The molecule has 2 rings (SSSR count). The first-order valence-electron chi connectivity index (χ1n) is 11.6. The van der Waals surface area contributed by atoms with Crippen molar-refractivity contribution < 1.29 is 33.4 Å². The van der Waals surface area contributed by atoms with Crippen LogP contribution in [0.25, 0.3) is 0 Å². The zero-order valence-electron chi connectivity index (χ0n) is 20.7. The molecule has 3 N–H and O–H groups in total. The molecule has 0 radical (unpaired) electrons. The number of hydrogen-bond donors (Lipinski definition) is 3. The molecule has 0 bridgehead atoms. The van der Waals surface area contributed by atoms with Crippen LogP contribution in [0, 0.1) is 5.92 Å². The molecule has 1 atom stereocenters. The van der Waals surface area contributed by atoms with Gasteiger partial charge >= 0.3 is 18.2 Å². The predicted molar refractivity (Wildman–Crippen MR) is 132 cm³/mol. The van der Waals surface area contributed by atoms with Gasteiger partial charge in [0.05, 0.1) is 13.7 Å². The molecule has 3 amide bonds. The summed E-state index contributed by atoms with van der Waals surface area (Å²) in [5, 5.41) is 7.60. The molecule has 0 fully saturated rings. The minimum atomic E-state index is -0.969. The highest BCUT2D eigenvalue weighted by Crippen LogP contribution is 2.09. The maximum atomic E-state index is 12.3. The molecule has 0 aromatic heterocycles. The Morgan fingerprint density at radius 1 is 0.833 bits per heavy atom. The lowest BCUT2D eigenvalue weighted by atomic mass is 10.0. The van der Waals surface area contributed by atoms with Crippen molar-refractivity contribution in [2.75, 3.05) is 20.3 Å². The summed E-state index contributed by atoms with van der Waals surface area (Å²) in [5.74, 6) is -0.969. The number of benzene rings is 2. The van der Waals surface area contributed by atoms with E-state index in [-0.39, 0.29) is 32.0 Å². The molecule has 2 aromatic rings. The number of alkyl carbamates (subject to hydrolysis) is 2. The number of hydrogen-bond acceptors (Lipinski definition) is 7. The Balaban J connectivity index is 1.85. The average molecular weight is 500 g/mol. The summed E-state index contributed by atoms with van der Waals surface area (Å²) in [7, 11) is 1.23. The Bertz CT molecular complexity index is 1010. The molecule has 2 aromatic carbocycles. The molecule has 0 saturated carbocycles. The second kappa shape index (κ2) is 15.0. The van der Waals surface area contributed by atoms with Gasteiger partial charge in [-0.2, -0.15) is 0 Å². The Labute approximate surface area is 210 Å². The number of ether oxygens (including phenoxy) is 3. The van der Waals surface area contributed by atoms with Crippen LogP contribution in [-0.4, -0.2) is 50.4 Å². The lowest BCUT2D eigenvalue weighted by Crippen LogP contribution is -2.47. The lowest BCUT2D eigenvalue weighted by Gasteiger charge is -2.17. The normalized spacial score (nSPS) is 11.2. The predicted octanol–water partition coefficient (Wildman–Crippen LogP) is 2.70. The summed E-state index contributed by atoms with van der Waals surface area (Å²) in [6.45, 7) is 4.16. The largest absolute Gasteiger partial charge is 0.467 e. The van der Waals surface area contributed by atoms with Gasteiger partial charge in [0.2, 0.25) is 5.91 Å². The Hall–Kier alpha value is -4.08. The third-order valence-electron chi connectivity index (χ3n) is 4.84. The first kappa shape index (κ1) is 28.2. The Kier molecular flexibility index (Phi) is 11.8. The molecule has 36 heavy (non-hydrogen) atoms. The smallest absolute Gasteiger partial charge is 0.407 e. The van der Waals surface area contributed by atoms with Crippen molar-refractivity contribution in [2.24, 2.45) is 5.92 Å². The maximum Gasteiger partial charge on any atom is 0.407 e. The summed E-state index contributed by atoms with van der Waals surface area (Å²) in [6, 6.07) is 15.4. The Morgan fingerprint density at radius 3 is 2.19 bits per heavy atom. The zero-order chi connectivity index (χ0) is 26.3. The topological polar surface area (TPSA) is 132 Å². The summed E-state index contributed by atoms with van der Waals surface area (Å²) >= 11 is 0. The van der Waals surface area contributed by atoms with Crippen LogP contribution in [0.3, 0.4) is 0 Å². The first-order chi connectivity index (χ1) is 17.3. The number of carbonyl (C=O) groups is 4. The summed E-state index contributed by atoms with van der Waals surface area (Å²) in [6.07, 6.45) is -1.11. The molecule has 194 valence electrons. The average Bonchev–Trinajstić information content (AvgIpc) is 2.88. The summed E-state index contributed by atoms with van der Waals surface area (Å²) in [5.41, 5.74) is 2.36. The molecule has 0 saturated heterocycles. The van der Waals surface area contributed by atoms with E-state index >= 15 is 0 Å². The van der Waals surface area contributed by atoms with Gasteiger partial charge in [0, 0.05) is 13.0 Å². The lowest BCUT2D eigenvalue weighted by molar-refractivity contribution is -0.144. The van der Waals surface area contributed by atoms with Gasteiger partial charge in [0.15, 0.2) is 0 Å². The van der Waals surface area contributed by atoms with E-state index in [1.54, 1.807) is 12.1 Å². The van der Waals surface area contributed by atoms with E-state index in [2.05, 4.69) is 16.0 Å². The van der Waals surface area contributed by atoms with Crippen molar-refractivity contribution in [3.8, 4) is 0 Å². The number of nitrogens with one attached hydrogen (secondary N) is 3. The molecule has 0 aliphatic carbocycles. The second-order valence-electron chi connectivity index (χ2n) is 8.43. The van der Waals surface area contributed by atoms with Gasteiger partial charge in [0.1, 0.15) is 19.2 Å². The first-order valence-corrected chi connectivity index (χ1v) is 11.6. The van der Waals surface area contributed by atoms with Crippen LogP contribution >= 0.6 is 0 Å². The number of amides is 3. The summed E-state index contributed by atoms with van der Waals surface area (Å²) < 4.78 is 15.0. The van der Waals surface area contributed by atoms with Gasteiger partial charge < -0.3 is 30.2 Å². The van der Waals surface area contributed by atoms with E-state index in [4.69, 9.17) is 14.2 Å². The van der Waals surface area contributed by atoms with E-state index in [1.807, 2.05) is 56.3 Å². The van der Waals surface area contributed by atoms with Gasteiger partial charge in [-0.3, -0.25) is 4.79 Å². The molecular formula is C26H33N3O7. The molecule has 0 spiro atoms. The van der Waals surface area contributed by atoms with Gasteiger partial charge in [-0.15, -0.1) is 0 Å². The van der Waals surface area contributed by atoms with E-state index in [9.17, 15) is 19.2 Å². The number of rotatable bonds is 12. The monoisotopic (exact) mass is 499 g/mol. The fourth-order valence-electron chi connectivity index (χ4n) is 3.08. The highest BCUT2D eigenvalue weighted by molar-refractivity contribution is 5.87. The number of methoxy groups -OCH3 is 1. The van der Waals surface area contributed by atoms with Crippen LogP contribution in [0.2, 0.25) is 0 Å². The van der Waals surface area contributed by atoms with Crippen molar-refractivity contribution in [3.05, 3.63) is 71.3 Å². The fraction of sp³-hybridized carbons (Fsp3) is 0.385. The van der Waals surface area contributed by atoms with Crippen LogP contribution in [-0.2, 0) is 43.4 Å². The molecule has 0 aliphatic heterocycles. The van der Waals surface area contributed by atoms with Gasteiger partial charge in [-0.25, -0.2) is 14.4 Å². The van der Waals surface area contributed by atoms with E-state index in [1.165, 1.54) is 7.11 Å².